The number of carbonyl (C=O) groups is 1. The molecule has 0 atom stereocenters. The van der Waals surface area contributed by atoms with Crippen molar-refractivity contribution in [1.29, 1.82) is 0 Å². The first kappa shape index (κ1) is 15.4. The maximum Gasteiger partial charge on any atom is 0.335 e. The van der Waals surface area contributed by atoms with Crippen molar-refractivity contribution >= 4 is 21.8 Å². The van der Waals surface area contributed by atoms with Gasteiger partial charge in [-0.3, -0.25) is 0 Å². The molecular weight excluding hydrogens is 270 g/mol. The summed E-state index contributed by atoms with van der Waals surface area (Å²) in [5.41, 5.74) is 0.668. The van der Waals surface area contributed by atoms with Crippen LogP contribution in [0.25, 0.3) is 0 Å². The van der Waals surface area contributed by atoms with Crippen LogP contribution >= 0.6 is 0 Å². The van der Waals surface area contributed by atoms with Crippen LogP contribution < -0.4 is 10.0 Å². The first-order valence-electron chi connectivity index (χ1n) is 5.77. The molecule has 1 rings (SSSR count). The van der Waals surface area contributed by atoms with Gasteiger partial charge in [-0.2, -0.15) is 0 Å². The van der Waals surface area contributed by atoms with E-state index in [2.05, 4.69) is 15.0 Å². The second-order valence-electron chi connectivity index (χ2n) is 3.93. The zero-order valence-corrected chi connectivity index (χ0v) is 11.6. The maximum atomic E-state index is 11.4. The topological polar surface area (TPSA) is 108 Å². The quantitative estimate of drug-likeness (QED) is 0.671. The van der Waals surface area contributed by atoms with E-state index in [9.17, 15) is 13.2 Å². The largest absolute Gasteiger partial charge is 0.478 e. The van der Waals surface area contributed by atoms with Crippen molar-refractivity contribution in [1.82, 2.24) is 9.71 Å². The highest BCUT2D eigenvalue weighted by Gasteiger charge is 2.09. The molecule has 0 fully saturated rings. The molecule has 0 bridgehead atoms. The molecule has 0 unspecified atom stereocenters. The van der Waals surface area contributed by atoms with Gasteiger partial charge in [-0.1, -0.05) is 6.92 Å². The molecule has 0 aliphatic rings. The highest BCUT2D eigenvalue weighted by Crippen LogP contribution is 2.10. The van der Waals surface area contributed by atoms with Crippen LogP contribution in [-0.4, -0.2) is 43.3 Å². The molecule has 0 amide bonds. The predicted octanol–water partition coefficient (Wildman–Crippen LogP) is 0.439. The molecule has 7 nitrogen and oxygen atoms in total. The van der Waals surface area contributed by atoms with E-state index in [-0.39, 0.29) is 17.9 Å². The standard InChI is InChI=1S/C11H17N3O4S/c1-3-13-19(17,18)5-4-12-10-7-9(11(15)16)6-8(2)14-10/h6-7,13H,3-5H2,1-2H3,(H,12,14)(H,15,16). The minimum atomic E-state index is -3.29. The molecule has 19 heavy (non-hydrogen) atoms. The van der Waals surface area contributed by atoms with Crippen LogP contribution in [0.4, 0.5) is 5.82 Å². The molecule has 8 heteroatoms. The molecule has 3 N–H and O–H groups in total. The molecule has 0 aromatic carbocycles. The Morgan fingerprint density at radius 3 is 2.68 bits per heavy atom. The molecule has 1 heterocycles. The van der Waals surface area contributed by atoms with Crippen molar-refractivity contribution in [2.24, 2.45) is 0 Å². The molecule has 0 saturated carbocycles. The highest BCUT2D eigenvalue weighted by molar-refractivity contribution is 7.89. The van der Waals surface area contributed by atoms with Gasteiger partial charge in [-0.05, 0) is 19.1 Å². The third kappa shape index (κ3) is 5.23. The summed E-state index contributed by atoms with van der Waals surface area (Å²) in [7, 11) is -3.29. The van der Waals surface area contributed by atoms with E-state index in [1.165, 1.54) is 12.1 Å². The summed E-state index contributed by atoms with van der Waals surface area (Å²) in [6.07, 6.45) is 0. The molecule has 106 valence electrons. The number of aromatic nitrogens is 1. The van der Waals surface area contributed by atoms with Gasteiger partial charge in [-0.25, -0.2) is 22.9 Å². The summed E-state index contributed by atoms with van der Waals surface area (Å²) in [6, 6.07) is 2.82. The summed E-state index contributed by atoms with van der Waals surface area (Å²) in [4.78, 5) is 15.0. The number of aromatic carboxylic acids is 1. The van der Waals surface area contributed by atoms with Crippen LogP contribution in [0.1, 0.15) is 23.0 Å². The summed E-state index contributed by atoms with van der Waals surface area (Å²) in [5.74, 6) is -0.795. The van der Waals surface area contributed by atoms with Crippen molar-refractivity contribution in [2.45, 2.75) is 13.8 Å². The number of sulfonamides is 1. The third-order valence-electron chi connectivity index (χ3n) is 2.24. The lowest BCUT2D eigenvalue weighted by Crippen LogP contribution is -2.29. The number of carboxylic acid groups (broad SMARTS) is 1. The van der Waals surface area contributed by atoms with Crippen molar-refractivity contribution in [3.8, 4) is 0 Å². The monoisotopic (exact) mass is 287 g/mol. The fraction of sp³-hybridized carbons (Fsp3) is 0.455. The molecular formula is C11H17N3O4S. The van der Waals surface area contributed by atoms with E-state index in [0.29, 0.717) is 18.1 Å². The summed E-state index contributed by atoms with van der Waals surface area (Å²) in [6.45, 7) is 3.87. The lowest BCUT2D eigenvalue weighted by molar-refractivity contribution is 0.0696. The lowest BCUT2D eigenvalue weighted by Gasteiger charge is -2.08. The molecule has 0 spiro atoms. The number of nitrogens with one attached hydrogen (secondary N) is 2. The molecule has 1 aromatic heterocycles. The third-order valence-corrected chi connectivity index (χ3v) is 3.71. The van der Waals surface area contributed by atoms with Gasteiger partial charge >= 0.3 is 5.97 Å². The van der Waals surface area contributed by atoms with E-state index in [4.69, 9.17) is 5.11 Å². The Labute approximate surface area is 112 Å². The number of hydrogen-bond acceptors (Lipinski definition) is 5. The number of rotatable bonds is 7. The minimum Gasteiger partial charge on any atom is -0.478 e. The number of nitrogens with zero attached hydrogens (tertiary/aromatic N) is 1. The number of anilines is 1. The van der Waals surface area contributed by atoms with Gasteiger partial charge in [0, 0.05) is 18.8 Å². The molecule has 0 radical (unpaired) electrons. The van der Waals surface area contributed by atoms with Crippen LogP contribution in [0, 0.1) is 6.92 Å². The average molecular weight is 287 g/mol. The second-order valence-corrected chi connectivity index (χ2v) is 5.86. The first-order chi connectivity index (χ1) is 8.84. The van der Waals surface area contributed by atoms with Gasteiger partial charge in [0.1, 0.15) is 5.82 Å². The molecule has 0 saturated heterocycles. The Bertz CT molecular complexity index is 557. The van der Waals surface area contributed by atoms with Gasteiger partial charge in [-0.15, -0.1) is 0 Å². The van der Waals surface area contributed by atoms with E-state index in [1.54, 1.807) is 13.8 Å². The van der Waals surface area contributed by atoms with Gasteiger partial charge in [0.05, 0.1) is 11.3 Å². The predicted molar refractivity (Wildman–Crippen MR) is 71.9 cm³/mol. The van der Waals surface area contributed by atoms with Crippen molar-refractivity contribution < 1.29 is 18.3 Å². The lowest BCUT2D eigenvalue weighted by atomic mass is 10.2. The van der Waals surface area contributed by atoms with Crippen LogP contribution in [0.3, 0.4) is 0 Å². The zero-order chi connectivity index (χ0) is 14.5. The fourth-order valence-electron chi connectivity index (χ4n) is 1.49. The maximum absolute atomic E-state index is 11.4. The van der Waals surface area contributed by atoms with Crippen LogP contribution in [0.2, 0.25) is 0 Å². The van der Waals surface area contributed by atoms with Gasteiger partial charge < -0.3 is 10.4 Å². The minimum absolute atomic E-state index is 0.0983. The van der Waals surface area contributed by atoms with Crippen LogP contribution in [-0.2, 0) is 10.0 Å². The zero-order valence-electron chi connectivity index (χ0n) is 10.8. The van der Waals surface area contributed by atoms with Gasteiger partial charge in [0.2, 0.25) is 10.0 Å². The number of hydrogen-bond donors (Lipinski definition) is 3. The normalized spacial score (nSPS) is 11.3. The Kier molecular flexibility index (Phi) is 5.25. The fourth-order valence-corrected chi connectivity index (χ4v) is 2.44. The summed E-state index contributed by atoms with van der Waals surface area (Å²) < 4.78 is 25.2. The number of carboxylic acids is 1. The van der Waals surface area contributed by atoms with E-state index >= 15 is 0 Å². The smallest absolute Gasteiger partial charge is 0.335 e. The average Bonchev–Trinajstić information content (AvgIpc) is 2.27. The van der Waals surface area contributed by atoms with Gasteiger partial charge in [0.25, 0.3) is 0 Å². The number of pyridine rings is 1. The van der Waals surface area contributed by atoms with Crippen molar-refractivity contribution in [2.75, 3.05) is 24.2 Å². The molecule has 0 aliphatic carbocycles. The summed E-state index contributed by atoms with van der Waals surface area (Å²) >= 11 is 0. The van der Waals surface area contributed by atoms with E-state index in [0.717, 1.165) is 0 Å². The van der Waals surface area contributed by atoms with Crippen LogP contribution in [0.5, 0.6) is 0 Å². The highest BCUT2D eigenvalue weighted by atomic mass is 32.2. The van der Waals surface area contributed by atoms with E-state index in [1.807, 2.05) is 0 Å². The van der Waals surface area contributed by atoms with E-state index < -0.39 is 16.0 Å². The Morgan fingerprint density at radius 2 is 2.11 bits per heavy atom. The van der Waals surface area contributed by atoms with Gasteiger partial charge in [0.15, 0.2) is 0 Å². The molecule has 0 aliphatic heterocycles. The Hall–Kier alpha value is -1.67. The van der Waals surface area contributed by atoms with Crippen molar-refractivity contribution in [3.05, 3.63) is 23.4 Å². The van der Waals surface area contributed by atoms with Crippen LogP contribution in [0.15, 0.2) is 12.1 Å². The number of aryl methyl sites for hydroxylation is 1. The Balaban J connectivity index is 2.66. The Morgan fingerprint density at radius 1 is 1.42 bits per heavy atom. The molecule has 1 aromatic rings. The summed E-state index contributed by atoms with van der Waals surface area (Å²) in [5, 5.41) is 11.7. The van der Waals surface area contributed by atoms with Crippen molar-refractivity contribution in [3.63, 3.8) is 0 Å². The second kappa shape index (κ2) is 6.48. The first-order valence-corrected chi connectivity index (χ1v) is 7.42. The SMILES string of the molecule is CCNS(=O)(=O)CCNc1cc(C(=O)O)cc(C)n1.